The number of aliphatic carboxylic acids is 1. The number of hydrogen-bond donors (Lipinski definition) is 4. The summed E-state index contributed by atoms with van der Waals surface area (Å²) in [5.41, 5.74) is 6.18. The van der Waals surface area contributed by atoms with Crippen LogP contribution in [0, 0.1) is 0 Å². The van der Waals surface area contributed by atoms with Crippen molar-refractivity contribution in [2.75, 3.05) is 5.32 Å². The fourth-order valence-electron chi connectivity index (χ4n) is 1.99. The molecule has 2 amide bonds. The summed E-state index contributed by atoms with van der Waals surface area (Å²) in [6.45, 7) is 0. The first-order chi connectivity index (χ1) is 12.0. The van der Waals surface area contributed by atoms with Crippen LogP contribution in [0.4, 0.5) is 11.6 Å². The highest BCUT2D eigenvalue weighted by atomic mass is 16.4. The Kier molecular flexibility index (Phi) is 5.99. The lowest BCUT2D eigenvalue weighted by atomic mass is 10.1. The maximum absolute atomic E-state index is 12.2. The predicted molar refractivity (Wildman–Crippen MR) is 89.1 cm³/mol. The average molecular weight is 343 g/mol. The third-order valence-electron chi connectivity index (χ3n) is 3.26. The molecule has 9 nitrogen and oxygen atoms in total. The van der Waals surface area contributed by atoms with Gasteiger partial charge >= 0.3 is 5.97 Å². The third-order valence-corrected chi connectivity index (χ3v) is 3.26. The van der Waals surface area contributed by atoms with E-state index in [1.54, 1.807) is 42.7 Å². The molecule has 0 aliphatic carbocycles. The number of benzene rings is 1. The minimum Gasteiger partial charge on any atom is -0.481 e. The molecular formula is C16H17N5O4. The fraction of sp³-hybridized carbons (Fsp3) is 0.188. The Morgan fingerprint density at radius 3 is 2.32 bits per heavy atom. The number of nitrogens with one attached hydrogen (secondary N) is 2. The quantitative estimate of drug-likeness (QED) is 0.550. The number of nitrogens with two attached hydrogens (primary N) is 1. The van der Waals surface area contributed by atoms with Crippen LogP contribution >= 0.6 is 0 Å². The van der Waals surface area contributed by atoms with Crippen molar-refractivity contribution in [1.82, 2.24) is 15.3 Å². The summed E-state index contributed by atoms with van der Waals surface area (Å²) in [7, 11) is 0. The van der Waals surface area contributed by atoms with Gasteiger partial charge in [-0.15, -0.1) is 0 Å². The van der Waals surface area contributed by atoms with Gasteiger partial charge in [-0.05, 0) is 36.8 Å². The van der Waals surface area contributed by atoms with Crippen LogP contribution in [0.15, 0.2) is 42.7 Å². The standard InChI is InChI=1S/C16H17N5O4/c17-14(24)12(6-7-13(22)23)21-15(25)10-2-4-11(5-3-10)20-16-18-8-1-9-19-16/h1-5,8-9,12H,6-7H2,(H2,17,24)(H,21,25)(H,22,23)(H,18,19,20). The largest absolute Gasteiger partial charge is 0.481 e. The molecular weight excluding hydrogens is 326 g/mol. The summed E-state index contributed by atoms with van der Waals surface area (Å²) < 4.78 is 0. The van der Waals surface area contributed by atoms with Crippen LogP contribution in [0.2, 0.25) is 0 Å². The number of carboxylic acid groups (broad SMARTS) is 1. The highest BCUT2D eigenvalue weighted by molar-refractivity contribution is 5.97. The first-order valence-electron chi connectivity index (χ1n) is 7.42. The fourth-order valence-corrected chi connectivity index (χ4v) is 1.99. The van der Waals surface area contributed by atoms with Crippen molar-refractivity contribution in [2.24, 2.45) is 5.73 Å². The molecule has 0 radical (unpaired) electrons. The molecule has 1 heterocycles. The molecule has 5 N–H and O–H groups in total. The number of carbonyl (C=O) groups excluding carboxylic acids is 2. The number of carbonyl (C=O) groups is 3. The number of carboxylic acids is 1. The van der Waals surface area contributed by atoms with Gasteiger partial charge in [0.2, 0.25) is 11.9 Å². The van der Waals surface area contributed by atoms with E-state index in [0.717, 1.165) is 0 Å². The van der Waals surface area contributed by atoms with E-state index < -0.39 is 23.8 Å². The summed E-state index contributed by atoms with van der Waals surface area (Å²) in [6.07, 6.45) is 2.85. The predicted octanol–water partition coefficient (Wildman–Crippen LogP) is 0.669. The van der Waals surface area contributed by atoms with Gasteiger partial charge in [-0.25, -0.2) is 9.97 Å². The van der Waals surface area contributed by atoms with Crippen molar-refractivity contribution in [2.45, 2.75) is 18.9 Å². The lowest BCUT2D eigenvalue weighted by Gasteiger charge is -2.14. The van der Waals surface area contributed by atoms with Crippen molar-refractivity contribution in [3.63, 3.8) is 0 Å². The minimum absolute atomic E-state index is 0.0681. The van der Waals surface area contributed by atoms with E-state index in [-0.39, 0.29) is 12.8 Å². The van der Waals surface area contributed by atoms with Crippen molar-refractivity contribution in [3.05, 3.63) is 48.3 Å². The van der Waals surface area contributed by atoms with E-state index in [4.69, 9.17) is 10.8 Å². The number of amides is 2. The Hall–Kier alpha value is -3.49. The second-order valence-corrected chi connectivity index (χ2v) is 5.14. The molecule has 0 aliphatic rings. The molecule has 0 spiro atoms. The summed E-state index contributed by atoms with van der Waals surface area (Å²) in [6, 6.07) is 7.06. The Morgan fingerprint density at radius 1 is 1.12 bits per heavy atom. The molecule has 0 saturated carbocycles. The molecule has 0 fully saturated rings. The van der Waals surface area contributed by atoms with Gasteiger partial charge in [-0.2, -0.15) is 0 Å². The van der Waals surface area contributed by atoms with Crippen LogP contribution in [0.3, 0.4) is 0 Å². The topological polar surface area (TPSA) is 147 Å². The van der Waals surface area contributed by atoms with Gasteiger partial charge in [0.05, 0.1) is 0 Å². The second kappa shape index (κ2) is 8.39. The number of anilines is 2. The molecule has 1 aromatic carbocycles. The van der Waals surface area contributed by atoms with Crippen molar-refractivity contribution in [3.8, 4) is 0 Å². The lowest BCUT2D eigenvalue weighted by Crippen LogP contribution is -2.44. The monoisotopic (exact) mass is 343 g/mol. The molecule has 1 aromatic heterocycles. The molecule has 2 rings (SSSR count). The minimum atomic E-state index is -1.07. The van der Waals surface area contributed by atoms with Gasteiger partial charge < -0.3 is 21.5 Å². The van der Waals surface area contributed by atoms with Crippen LogP contribution in [-0.2, 0) is 9.59 Å². The highest BCUT2D eigenvalue weighted by Gasteiger charge is 2.19. The maximum Gasteiger partial charge on any atom is 0.303 e. The van der Waals surface area contributed by atoms with Crippen LogP contribution in [0.5, 0.6) is 0 Å². The number of rotatable bonds is 8. The van der Waals surface area contributed by atoms with E-state index in [0.29, 0.717) is 17.2 Å². The molecule has 25 heavy (non-hydrogen) atoms. The van der Waals surface area contributed by atoms with E-state index >= 15 is 0 Å². The third kappa shape index (κ3) is 5.57. The zero-order valence-corrected chi connectivity index (χ0v) is 13.2. The van der Waals surface area contributed by atoms with Crippen LogP contribution in [0.1, 0.15) is 23.2 Å². The van der Waals surface area contributed by atoms with Crippen LogP contribution in [0.25, 0.3) is 0 Å². The highest BCUT2D eigenvalue weighted by Crippen LogP contribution is 2.13. The van der Waals surface area contributed by atoms with Crippen molar-refractivity contribution in [1.29, 1.82) is 0 Å². The number of nitrogens with zero attached hydrogens (tertiary/aromatic N) is 2. The van der Waals surface area contributed by atoms with Crippen molar-refractivity contribution < 1.29 is 19.5 Å². The Bertz CT molecular complexity index is 749. The molecule has 0 saturated heterocycles. The van der Waals surface area contributed by atoms with Gasteiger partial charge in [-0.3, -0.25) is 14.4 Å². The van der Waals surface area contributed by atoms with E-state index in [1.807, 2.05) is 0 Å². The van der Waals surface area contributed by atoms with Gasteiger partial charge in [-0.1, -0.05) is 0 Å². The summed E-state index contributed by atoms with van der Waals surface area (Å²) >= 11 is 0. The smallest absolute Gasteiger partial charge is 0.303 e. The molecule has 9 heteroatoms. The SMILES string of the molecule is NC(=O)C(CCC(=O)O)NC(=O)c1ccc(Nc2ncccn2)cc1. The summed E-state index contributed by atoms with van der Waals surface area (Å²) in [4.78, 5) is 42.1. The molecule has 0 bridgehead atoms. The van der Waals surface area contributed by atoms with E-state index in [9.17, 15) is 14.4 Å². The maximum atomic E-state index is 12.2. The zero-order valence-electron chi connectivity index (χ0n) is 13.2. The van der Waals surface area contributed by atoms with Gasteiger partial charge in [0.25, 0.3) is 5.91 Å². The molecule has 130 valence electrons. The van der Waals surface area contributed by atoms with Gasteiger partial charge in [0, 0.05) is 30.1 Å². The molecule has 0 aliphatic heterocycles. The van der Waals surface area contributed by atoms with Crippen LogP contribution < -0.4 is 16.4 Å². The van der Waals surface area contributed by atoms with E-state index in [1.165, 1.54) is 0 Å². The first-order valence-corrected chi connectivity index (χ1v) is 7.42. The summed E-state index contributed by atoms with van der Waals surface area (Å²) in [5.74, 6) is -1.95. The van der Waals surface area contributed by atoms with Gasteiger partial charge in [0.1, 0.15) is 6.04 Å². The van der Waals surface area contributed by atoms with Gasteiger partial charge in [0.15, 0.2) is 0 Å². The molecule has 1 unspecified atom stereocenters. The van der Waals surface area contributed by atoms with Crippen LogP contribution in [-0.4, -0.2) is 38.9 Å². The molecule has 2 aromatic rings. The Balaban J connectivity index is 1.99. The summed E-state index contributed by atoms with van der Waals surface area (Å²) in [5, 5.41) is 14.1. The molecule has 1 atom stereocenters. The second-order valence-electron chi connectivity index (χ2n) is 5.14. The number of hydrogen-bond acceptors (Lipinski definition) is 6. The van der Waals surface area contributed by atoms with Crippen molar-refractivity contribution >= 4 is 29.4 Å². The first kappa shape index (κ1) is 17.9. The Morgan fingerprint density at radius 2 is 1.76 bits per heavy atom. The van der Waals surface area contributed by atoms with E-state index in [2.05, 4.69) is 20.6 Å². The number of primary amides is 1. The number of aromatic nitrogens is 2. The average Bonchev–Trinajstić information content (AvgIpc) is 2.59. The Labute approximate surface area is 143 Å². The normalized spacial score (nSPS) is 11.4. The lowest BCUT2D eigenvalue weighted by molar-refractivity contribution is -0.137. The zero-order chi connectivity index (χ0) is 18.2.